The minimum absolute atomic E-state index is 0.0582. The molecule has 172 valence electrons. The van der Waals surface area contributed by atoms with Crippen molar-refractivity contribution in [3.63, 3.8) is 0 Å². The van der Waals surface area contributed by atoms with Crippen LogP contribution in [0.5, 0.6) is 0 Å². The predicted molar refractivity (Wildman–Crippen MR) is 131 cm³/mol. The second kappa shape index (κ2) is 8.75. The van der Waals surface area contributed by atoms with Crippen molar-refractivity contribution in [2.45, 2.75) is 51.6 Å². The monoisotopic (exact) mass is 443 g/mol. The van der Waals surface area contributed by atoms with Gasteiger partial charge in [-0.15, -0.1) is 5.10 Å². The average molecular weight is 444 g/mol. The second-order valence-electron chi connectivity index (χ2n) is 10.5. The number of carbonyl (C=O) groups excluding carboxylic acids is 1. The lowest BCUT2D eigenvalue weighted by molar-refractivity contribution is -0.127. The molecule has 1 amide bonds. The Morgan fingerprint density at radius 1 is 1.09 bits per heavy atom. The number of hydrogen-bond acceptors (Lipinski definition) is 4. The lowest BCUT2D eigenvalue weighted by atomic mass is 9.75. The van der Waals surface area contributed by atoms with Gasteiger partial charge in [-0.25, -0.2) is 0 Å². The van der Waals surface area contributed by atoms with Crippen LogP contribution in [-0.4, -0.2) is 44.9 Å². The van der Waals surface area contributed by atoms with Crippen LogP contribution in [0.3, 0.4) is 0 Å². The number of benzene rings is 2. The molecule has 3 fully saturated rings. The summed E-state index contributed by atoms with van der Waals surface area (Å²) in [4.78, 5) is 15.4. The Morgan fingerprint density at radius 3 is 2.52 bits per heavy atom. The highest BCUT2D eigenvalue weighted by molar-refractivity contribution is 5.93. The number of fused-ring (bicyclic) bond motifs is 3. The van der Waals surface area contributed by atoms with Crippen molar-refractivity contribution in [2.75, 3.05) is 18.4 Å². The number of carbonyl (C=O) groups is 1. The van der Waals surface area contributed by atoms with E-state index in [0.29, 0.717) is 12.0 Å². The first-order valence-corrected chi connectivity index (χ1v) is 12.0. The zero-order valence-corrected chi connectivity index (χ0v) is 19.7. The molecule has 1 aromatic heterocycles. The summed E-state index contributed by atoms with van der Waals surface area (Å²) in [5.41, 5.74) is 4.33. The van der Waals surface area contributed by atoms with Gasteiger partial charge in [-0.3, -0.25) is 14.4 Å². The van der Waals surface area contributed by atoms with E-state index in [1.165, 1.54) is 5.56 Å². The van der Waals surface area contributed by atoms with E-state index < -0.39 is 0 Å². The molecule has 4 heterocycles. The van der Waals surface area contributed by atoms with Crippen LogP contribution < -0.4 is 5.32 Å². The molecular weight excluding hydrogens is 410 g/mol. The Bertz CT molecular complexity index is 1100. The number of anilines is 1. The van der Waals surface area contributed by atoms with Crippen LogP contribution >= 0.6 is 0 Å². The molecular formula is C27H33N5O. The summed E-state index contributed by atoms with van der Waals surface area (Å²) in [7, 11) is 0. The van der Waals surface area contributed by atoms with Crippen LogP contribution in [-0.2, 0) is 16.8 Å². The van der Waals surface area contributed by atoms with Crippen molar-refractivity contribution < 1.29 is 4.79 Å². The number of nitrogens with one attached hydrogen (secondary N) is 1. The molecule has 2 bridgehead atoms. The maximum absolute atomic E-state index is 12.9. The van der Waals surface area contributed by atoms with E-state index in [1.54, 1.807) is 0 Å². The third-order valence-electron chi connectivity index (χ3n) is 7.24. The zero-order valence-electron chi connectivity index (χ0n) is 19.7. The van der Waals surface area contributed by atoms with E-state index in [-0.39, 0.29) is 17.2 Å². The Balaban J connectivity index is 1.21. The molecule has 6 nitrogen and oxygen atoms in total. The summed E-state index contributed by atoms with van der Waals surface area (Å²) >= 11 is 0. The van der Waals surface area contributed by atoms with Crippen molar-refractivity contribution in [3.8, 4) is 11.3 Å². The Kier molecular flexibility index (Phi) is 5.79. The van der Waals surface area contributed by atoms with Crippen molar-refractivity contribution in [2.24, 2.45) is 11.8 Å². The lowest BCUT2D eigenvalue weighted by Gasteiger charge is -2.49. The van der Waals surface area contributed by atoms with E-state index in [1.807, 2.05) is 35.0 Å². The second-order valence-corrected chi connectivity index (χ2v) is 10.5. The van der Waals surface area contributed by atoms with Crippen LogP contribution in [0.15, 0.2) is 60.8 Å². The van der Waals surface area contributed by atoms with E-state index in [0.717, 1.165) is 49.4 Å². The third kappa shape index (κ3) is 4.71. The molecule has 3 aromatic rings. The summed E-state index contributed by atoms with van der Waals surface area (Å²) in [6.45, 7) is 9.37. The Labute approximate surface area is 196 Å². The van der Waals surface area contributed by atoms with E-state index in [2.05, 4.69) is 71.8 Å². The molecule has 3 aliphatic heterocycles. The summed E-state index contributed by atoms with van der Waals surface area (Å²) in [5, 5.41) is 11.9. The summed E-state index contributed by atoms with van der Waals surface area (Å²) in [5.74, 6) is 0.635. The maximum Gasteiger partial charge on any atom is 0.229 e. The van der Waals surface area contributed by atoms with Crippen molar-refractivity contribution in [1.82, 2.24) is 19.9 Å². The molecule has 2 aromatic carbocycles. The zero-order chi connectivity index (χ0) is 23.0. The van der Waals surface area contributed by atoms with Gasteiger partial charge in [-0.1, -0.05) is 68.4 Å². The highest BCUT2D eigenvalue weighted by atomic mass is 16.2. The average Bonchev–Trinajstić information content (AvgIpc) is 3.28. The van der Waals surface area contributed by atoms with Gasteiger partial charge < -0.3 is 5.32 Å². The number of aromatic nitrogens is 3. The van der Waals surface area contributed by atoms with Crippen LogP contribution in [0.4, 0.5) is 5.69 Å². The number of rotatable bonds is 5. The molecule has 33 heavy (non-hydrogen) atoms. The van der Waals surface area contributed by atoms with Gasteiger partial charge in [0.05, 0.1) is 18.7 Å². The molecule has 0 saturated carbocycles. The van der Waals surface area contributed by atoms with E-state index in [9.17, 15) is 4.79 Å². The molecule has 6 heteroatoms. The largest absolute Gasteiger partial charge is 0.326 e. The van der Waals surface area contributed by atoms with Gasteiger partial charge in [-0.2, -0.15) is 0 Å². The highest BCUT2D eigenvalue weighted by Gasteiger charge is 2.43. The van der Waals surface area contributed by atoms with Gasteiger partial charge in [0.1, 0.15) is 5.69 Å². The molecule has 1 N–H and O–H groups in total. The van der Waals surface area contributed by atoms with Crippen molar-refractivity contribution >= 4 is 11.6 Å². The minimum atomic E-state index is 0.0582. The molecule has 0 aliphatic carbocycles. The van der Waals surface area contributed by atoms with E-state index >= 15 is 0 Å². The van der Waals surface area contributed by atoms with Gasteiger partial charge in [0.15, 0.2) is 0 Å². The third-order valence-corrected chi connectivity index (χ3v) is 7.24. The first-order valence-electron chi connectivity index (χ1n) is 12.0. The number of piperidine rings is 3. The number of hydrogen-bond donors (Lipinski definition) is 1. The topological polar surface area (TPSA) is 63.1 Å². The summed E-state index contributed by atoms with van der Waals surface area (Å²) in [6, 6.07) is 18.8. The van der Waals surface area contributed by atoms with Gasteiger partial charge in [-0.05, 0) is 48.4 Å². The Hall–Kier alpha value is -2.99. The molecule has 0 spiro atoms. The predicted octanol–water partition coefficient (Wildman–Crippen LogP) is 4.59. The van der Waals surface area contributed by atoms with Crippen LogP contribution in [0.1, 0.15) is 39.2 Å². The number of amides is 1. The standard InChI is InChI=1S/C27H33N5O/c1-27(2,3)21-11-9-19(10-12-21)25-18-32(30-29-25)16-23-15-20-13-14-31(23)17-24(20)26(33)28-22-7-5-4-6-8-22/h4-12,18,20,23-24H,13-17H2,1-3H3,(H,28,33)/t20-,23+,24+/m1/s1. The van der Waals surface area contributed by atoms with Crippen molar-refractivity contribution in [1.29, 1.82) is 0 Å². The minimum Gasteiger partial charge on any atom is -0.326 e. The molecule has 0 radical (unpaired) electrons. The number of nitrogens with zero attached hydrogens (tertiary/aromatic N) is 4. The molecule has 3 aliphatic rings. The van der Waals surface area contributed by atoms with E-state index in [4.69, 9.17) is 0 Å². The lowest BCUT2D eigenvalue weighted by Crippen LogP contribution is -2.57. The summed E-state index contributed by atoms with van der Waals surface area (Å²) in [6.07, 6.45) is 4.17. The van der Waals surface area contributed by atoms with Gasteiger partial charge >= 0.3 is 0 Å². The quantitative estimate of drug-likeness (QED) is 0.626. The molecule has 4 atom stereocenters. The normalized spacial score (nSPS) is 24.6. The molecule has 3 saturated heterocycles. The fourth-order valence-electron chi connectivity index (χ4n) is 5.26. The maximum atomic E-state index is 12.9. The fourth-order valence-corrected chi connectivity index (χ4v) is 5.26. The summed E-state index contributed by atoms with van der Waals surface area (Å²) < 4.78 is 1.97. The van der Waals surface area contributed by atoms with Crippen LogP contribution in [0.25, 0.3) is 11.3 Å². The SMILES string of the molecule is CC(C)(C)c1ccc(-c2cn(C[C@@H]3C[C@H]4CCN3C[C@@H]4C(=O)Nc3ccccc3)nn2)cc1. The van der Waals surface area contributed by atoms with Gasteiger partial charge in [0.25, 0.3) is 0 Å². The first-order chi connectivity index (χ1) is 15.9. The fraction of sp³-hybridized carbons (Fsp3) is 0.444. The molecule has 1 unspecified atom stereocenters. The van der Waals surface area contributed by atoms with Crippen molar-refractivity contribution in [3.05, 3.63) is 66.4 Å². The molecule has 6 rings (SSSR count). The first kappa shape index (κ1) is 21.8. The van der Waals surface area contributed by atoms with Gasteiger partial charge in [0.2, 0.25) is 5.91 Å². The van der Waals surface area contributed by atoms with Gasteiger partial charge in [0, 0.05) is 23.8 Å². The Morgan fingerprint density at radius 2 is 1.85 bits per heavy atom. The number of para-hydroxylation sites is 1. The van der Waals surface area contributed by atoms with Crippen LogP contribution in [0, 0.1) is 11.8 Å². The van der Waals surface area contributed by atoms with Crippen LogP contribution in [0.2, 0.25) is 0 Å². The highest BCUT2D eigenvalue weighted by Crippen LogP contribution is 2.37. The smallest absolute Gasteiger partial charge is 0.229 e.